The van der Waals surface area contributed by atoms with Crippen molar-refractivity contribution in [2.75, 3.05) is 0 Å². The largest absolute Gasteiger partial charge is 0.329 e. The second-order valence-electron chi connectivity index (χ2n) is 2.48. The van der Waals surface area contributed by atoms with Gasteiger partial charge in [0.2, 0.25) is 0 Å². The van der Waals surface area contributed by atoms with Crippen molar-refractivity contribution in [1.82, 2.24) is 61.9 Å². The first-order valence-corrected chi connectivity index (χ1v) is 3.89. The number of aromatic nitrogens is 12. The van der Waals surface area contributed by atoms with Gasteiger partial charge in [-0.3, -0.25) is 20.6 Å². The fourth-order valence-electron chi connectivity index (χ4n) is 1.00. The molecule has 0 amide bonds. The van der Waals surface area contributed by atoms with Crippen LogP contribution in [0.15, 0.2) is 0 Å². The quantitative estimate of drug-likeness (QED) is 0.424. The van der Waals surface area contributed by atoms with E-state index in [0.717, 1.165) is 0 Å². The fourth-order valence-corrected chi connectivity index (χ4v) is 1.00. The van der Waals surface area contributed by atoms with E-state index >= 15 is 0 Å². The average Bonchev–Trinajstić information content (AvgIpc) is 3.03. The number of hydrogen-bond donors (Lipinski definition) is 0. The maximum atomic E-state index is 3.71. The number of hydrogen-bond acceptors (Lipinski definition) is 10. The smallest absolute Gasteiger partial charge is 0.130 e. The van der Waals surface area contributed by atoms with Gasteiger partial charge in [0.25, 0.3) is 0 Å². The molecule has 0 atom stereocenters. The van der Waals surface area contributed by atoms with E-state index in [1.165, 1.54) is 0 Å². The molecule has 0 saturated heterocycles. The van der Waals surface area contributed by atoms with E-state index in [9.17, 15) is 0 Å². The van der Waals surface area contributed by atoms with Gasteiger partial charge in [-0.25, -0.2) is 0 Å². The summed E-state index contributed by atoms with van der Waals surface area (Å²) < 4.78 is 0. The molecule has 0 aromatic carbocycles. The molecule has 3 heterocycles. The van der Waals surface area contributed by atoms with Crippen molar-refractivity contribution in [3.63, 3.8) is 0 Å². The molecule has 0 bridgehead atoms. The topological polar surface area (TPSA) is 157 Å². The number of tetrazole rings is 2. The Labute approximate surface area is 85.9 Å². The van der Waals surface area contributed by atoms with Crippen LogP contribution in [0.1, 0.15) is 0 Å². The molecule has 0 radical (unpaired) electrons. The zero-order valence-electron chi connectivity index (χ0n) is 7.37. The van der Waals surface area contributed by atoms with Crippen LogP contribution in [0.3, 0.4) is 0 Å². The first-order chi connectivity index (χ1) is 7.95. The average molecular weight is 216 g/mol. The zero-order chi connectivity index (χ0) is 10.8. The summed E-state index contributed by atoms with van der Waals surface area (Å²) in [6, 6.07) is 0. The molecule has 0 aliphatic heterocycles. The Morgan fingerprint density at radius 2 is 1.06 bits per heavy atom. The first-order valence-electron chi connectivity index (χ1n) is 3.89. The molecule has 16 heavy (non-hydrogen) atoms. The van der Waals surface area contributed by atoms with Gasteiger partial charge in [0.15, 0.2) is 0 Å². The monoisotopic (exact) mass is 216 g/mol. The van der Waals surface area contributed by atoms with E-state index in [0.29, 0.717) is 0 Å². The molecule has 12 nitrogen and oxygen atoms in total. The lowest BCUT2D eigenvalue weighted by molar-refractivity contribution is 0.764. The second-order valence-corrected chi connectivity index (χ2v) is 2.48. The highest BCUT2D eigenvalue weighted by Gasteiger charge is 2.10. The Hall–Kier alpha value is -2.92. The molecule has 3 rings (SSSR count). The van der Waals surface area contributed by atoms with Crippen molar-refractivity contribution in [1.29, 1.82) is 0 Å². The van der Waals surface area contributed by atoms with Crippen LogP contribution in [0.5, 0.6) is 0 Å². The normalized spacial score (nSPS) is 10.5. The van der Waals surface area contributed by atoms with Crippen molar-refractivity contribution in [2.45, 2.75) is 0 Å². The summed E-state index contributed by atoms with van der Waals surface area (Å²) in [6.45, 7) is 0. The Balaban J connectivity index is 2.19. The van der Waals surface area contributed by atoms with Crippen LogP contribution in [0.4, 0.5) is 0 Å². The van der Waals surface area contributed by atoms with Crippen LogP contribution in [-0.2, 0) is 0 Å². The van der Waals surface area contributed by atoms with E-state index in [1.807, 2.05) is 0 Å². The van der Waals surface area contributed by atoms with Crippen molar-refractivity contribution < 1.29 is 0 Å². The summed E-state index contributed by atoms with van der Waals surface area (Å²) >= 11 is 0. The van der Waals surface area contributed by atoms with Crippen LogP contribution in [-0.4, -0.2) is 51.7 Å². The summed E-state index contributed by atoms with van der Waals surface area (Å²) in [7, 11) is 0. The first kappa shape index (κ1) is 8.39. The summed E-state index contributed by atoms with van der Waals surface area (Å²) in [6.07, 6.45) is 0. The van der Waals surface area contributed by atoms with E-state index in [2.05, 4.69) is 61.9 Å². The molecule has 0 fully saturated rings. The maximum absolute atomic E-state index is 3.71. The minimum atomic E-state index is 0.155. The summed E-state index contributed by atoms with van der Waals surface area (Å²) in [4.78, 5) is 0. The molecule has 12 heteroatoms. The third-order valence-corrected chi connectivity index (χ3v) is 1.62. The van der Waals surface area contributed by atoms with E-state index in [4.69, 9.17) is 0 Å². The van der Waals surface area contributed by atoms with Gasteiger partial charge in [-0.1, -0.05) is 0 Å². The summed E-state index contributed by atoms with van der Waals surface area (Å²) in [5.74, 6) is 0.310. The Morgan fingerprint density at radius 3 is 1.44 bits per heavy atom. The molecule has 3 aromatic rings. The Bertz CT molecular complexity index is 514. The van der Waals surface area contributed by atoms with E-state index in [-0.39, 0.29) is 23.0 Å². The Morgan fingerprint density at radius 1 is 0.562 bits per heavy atom. The van der Waals surface area contributed by atoms with Gasteiger partial charge in [-0.15, -0.1) is 10.2 Å². The highest BCUT2D eigenvalue weighted by Crippen LogP contribution is 2.18. The van der Waals surface area contributed by atoms with Gasteiger partial charge in [0.1, 0.15) is 11.4 Å². The third-order valence-electron chi connectivity index (χ3n) is 1.62. The number of rotatable bonds is 2. The minimum Gasteiger partial charge on any atom is -0.329 e. The molecule has 0 aliphatic rings. The van der Waals surface area contributed by atoms with Crippen LogP contribution < -0.4 is 10.2 Å². The van der Waals surface area contributed by atoms with Gasteiger partial charge >= 0.3 is 0 Å². The van der Waals surface area contributed by atoms with Gasteiger partial charge in [0, 0.05) is 0 Å². The van der Waals surface area contributed by atoms with Crippen LogP contribution in [0, 0.1) is 0 Å². The highest BCUT2D eigenvalue weighted by molar-refractivity contribution is 5.67. The number of nitrogens with zero attached hydrogens (tertiary/aromatic N) is 12. The summed E-state index contributed by atoms with van der Waals surface area (Å²) in [5, 5.41) is 41.9. The lowest BCUT2D eigenvalue weighted by Crippen LogP contribution is -2.02. The molecule has 0 saturated carbocycles. The van der Waals surface area contributed by atoms with E-state index < -0.39 is 0 Å². The molecule has 0 N–H and O–H groups in total. The lowest BCUT2D eigenvalue weighted by Gasteiger charge is -2.03. The van der Waals surface area contributed by atoms with Gasteiger partial charge < -0.3 is 10.2 Å². The van der Waals surface area contributed by atoms with Crippen LogP contribution in [0.2, 0.25) is 0 Å². The zero-order valence-corrected chi connectivity index (χ0v) is 7.37. The van der Waals surface area contributed by atoms with Crippen molar-refractivity contribution in [3.8, 4) is 23.0 Å². The fraction of sp³-hybridized carbons (Fsp3) is 0. The Kier molecular flexibility index (Phi) is 1.75. The second kappa shape index (κ2) is 3.34. The summed E-state index contributed by atoms with van der Waals surface area (Å²) in [5.41, 5.74) is 0.435. The standard InChI is InChI=1S/C4N12/c5-1(3-7-13-14-8-3)2(6-12-11-5)4-9-15-16-10-4/q-2. The molecular formula is C4N12-2. The van der Waals surface area contributed by atoms with Crippen LogP contribution in [0.25, 0.3) is 23.0 Å². The molecular weight excluding hydrogens is 216 g/mol. The van der Waals surface area contributed by atoms with Gasteiger partial charge in [-0.2, -0.15) is 10.4 Å². The SMILES string of the molecule is n1n[n-]c(-c2nnnnc2-c2nnn[n-]2)n1. The van der Waals surface area contributed by atoms with Crippen molar-refractivity contribution >= 4 is 0 Å². The molecule has 3 aromatic heterocycles. The molecule has 0 aliphatic carbocycles. The molecule has 0 unspecified atom stereocenters. The van der Waals surface area contributed by atoms with Gasteiger partial charge in [0.05, 0.1) is 11.6 Å². The third kappa shape index (κ3) is 1.24. The maximum Gasteiger partial charge on any atom is 0.130 e. The van der Waals surface area contributed by atoms with Crippen LogP contribution >= 0.6 is 0 Å². The molecule has 0 spiro atoms. The predicted molar refractivity (Wildman–Crippen MR) is 41.9 cm³/mol. The lowest BCUT2D eigenvalue weighted by atomic mass is 10.3. The minimum absolute atomic E-state index is 0.155. The van der Waals surface area contributed by atoms with Crippen molar-refractivity contribution in [3.05, 3.63) is 0 Å². The highest BCUT2D eigenvalue weighted by atomic mass is 15.5. The van der Waals surface area contributed by atoms with Crippen molar-refractivity contribution in [2.24, 2.45) is 0 Å². The van der Waals surface area contributed by atoms with Gasteiger partial charge in [-0.05, 0) is 10.4 Å². The predicted octanol–water partition coefficient (Wildman–Crippen LogP) is -3.12. The van der Waals surface area contributed by atoms with E-state index in [1.54, 1.807) is 0 Å². The molecule has 78 valence electrons.